The molecule has 0 amide bonds. The van der Waals surface area contributed by atoms with Crippen molar-refractivity contribution in [3.8, 4) is 0 Å². The van der Waals surface area contributed by atoms with Crippen molar-refractivity contribution in [3.05, 3.63) is 0 Å². The number of hydrogen-bond acceptors (Lipinski definition) is 4. The minimum Gasteiger partial charge on any atom is -0.465 e. The highest BCUT2D eigenvalue weighted by atomic mass is 32.2. The van der Waals surface area contributed by atoms with Crippen LogP contribution in [-0.4, -0.2) is 29.1 Å². The SMILES string of the molecule is CCCCSC1CCC(N)(C(=O)OCC)C1. The molecule has 2 atom stereocenters. The van der Waals surface area contributed by atoms with Gasteiger partial charge in [-0.05, 0) is 38.4 Å². The van der Waals surface area contributed by atoms with E-state index < -0.39 is 5.54 Å². The fourth-order valence-corrected chi connectivity index (χ4v) is 3.51. The summed E-state index contributed by atoms with van der Waals surface area (Å²) in [6.45, 7) is 4.44. The molecule has 1 aliphatic carbocycles. The third kappa shape index (κ3) is 3.67. The summed E-state index contributed by atoms with van der Waals surface area (Å²) >= 11 is 1.96. The van der Waals surface area contributed by atoms with E-state index >= 15 is 0 Å². The third-order valence-corrected chi connectivity index (χ3v) is 4.44. The van der Waals surface area contributed by atoms with Crippen LogP contribution in [0.3, 0.4) is 0 Å². The van der Waals surface area contributed by atoms with Crippen LogP contribution in [0, 0.1) is 0 Å². The van der Waals surface area contributed by atoms with Gasteiger partial charge in [0, 0.05) is 5.25 Å². The molecule has 1 aliphatic rings. The van der Waals surface area contributed by atoms with E-state index in [1.807, 2.05) is 18.7 Å². The minimum absolute atomic E-state index is 0.214. The Labute approximate surface area is 102 Å². The summed E-state index contributed by atoms with van der Waals surface area (Å²) in [7, 11) is 0. The summed E-state index contributed by atoms with van der Waals surface area (Å²) < 4.78 is 5.03. The van der Waals surface area contributed by atoms with Crippen LogP contribution >= 0.6 is 11.8 Å². The summed E-state index contributed by atoms with van der Waals surface area (Å²) in [5.41, 5.74) is 5.39. The fourth-order valence-electron chi connectivity index (χ4n) is 2.03. The van der Waals surface area contributed by atoms with E-state index in [9.17, 15) is 4.79 Å². The number of carbonyl (C=O) groups is 1. The van der Waals surface area contributed by atoms with Crippen molar-refractivity contribution < 1.29 is 9.53 Å². The topological polar surface area (TPSA) is 52.3 Å². The molecule has 0 aliphatic heterocycles. The van der Waals surface area contributed by atoms with Gasteiger partial charge in [-0.25, -0.2) is 0 Å². The van der Waals surface area contributed by atoms with Crippen LogP contribution in [0.15, 0.2) is 0 Å². The zero-order chi connectivity index (χ0) is 12.0. The van der Waals surface area contributed by atoms with Gasteiger partial charge in [-0.2, -0.15) is 11.8 Å². The first-order valence-electron chi connectivity index (χ1n) is 6.20. The molecular formula is C12H23NO2S. The number of hydrogen-bond donors (Lipinski definition) is 1. The highest BCUT2D eigenvalue weighted by molar-refractivity contribution is 7.99. The number of ether oxygens (including phenoxy) is 1. The van der Waals surface area contributed by atoms with Gasteiger partial charge >= 0.3 is 5.97 Å². The molecule has 0 saturated heterocycles. The lowest BCUT2D eigenvalue weighted by Crippen LogP contribution is -2.47. The Kier molecular flexibility index (Phi) is 5.62. The van der Waals surface area contributed by atoms with Gasteiger partial charge in [0.2, 0.25) is 0 Å². The molecule has 0 aromatic heterocycles. The second kappa shape index (κ2) is 6.50. The number of rotatable bonds is 6. The summed E-state index contributed by atoms with van der Waals surface area (Å²) in [4.78, 5) is 11.7. The van der Waals surface area contributed by atoms with Crippen molar-refractivity contribution in [3.63, 3.8) is 0 Å². The highest BCUT2D eigenvalue weighted by Crippen LogP contribution is 2.36. The van der Waals surface area contributed by atoms with E-state index in [0.29, 0.717) is 11.9 Å². The third-order valence-electron chi connectivity index (χ3n) is 3.04. The molecule has 0 aromatic carbocycles. The number of nitrogens with two attached hydrogens (primary N) is 1. The molecule has 0 heterocycles. The summed E-state index contributed by atoms with van der Waals surface area (Å²) in [6, 6.07) is 0. The molecule has 3 nitrogen and oxygen atoms in total. The maximum atomic E-state index is 11.7. The highest BCUT2D eigenvalue weighted by Gasteiger charge is 2.43. The lowest BCUT2D eigenvalue weighted by molar-refractivity contribution is -0.149. The molecule has 0 radical (unpaired) electrons. The zero-order valence-corrected chi connectivity index (χ0v) is 11.1. The molecule has 1 fully saturated rings. The molecule has 94 valence electrons. The van der Waals surface area contributed by atoms with E-state index in [1.54, 1.807) is 0 Å². The van der Waals surface area contributed by atoms with Crippen LogP contribution in [0.1, 0.15) is 46.0 Å². The molecule has 1 saturated carbocycles. The Morgan fingerprint density at radius 2 is 2.31 bits per heavy atom. The molecule has 2 N–H and O–H groups in total. The van der Waals surface area contributed by atoms with Crippen molar-refractivity contribution >= 4 is 17.7 Å². The average Bonchev–Trinajstić information content (AvgIpc) is 2.63. The summed E-state index contributed by atoms with van der Waals surface area (Å²) in [6.07, 6.45) is 5.07. The predicted molar refractivity (Wildman–Crippen MR) is 68.6 cm³/mol. The quantitative estimate of drug-likeness (QED) is 0.576. The molecule has 1 rings (SSSR count). The Bertz CT molecular complexity index is 235. The van der Waals surface area contributed by atoms with Gasteiger partial charge in [-0.1, -0.05) is 13.3 Å². The molecule has 2 unspecified atom stereocenters. The van der Waals surface area contributed by atoms with Crippen LogP contribution in [0.4, 0.5) is 0 Å². The van der Waals surface area contributed by atoms with Crippen molar-refractivity contribution in [2.45, 2.75) is 56.7 Å². The van der Waals surface area contributed by atoms with Gasteiger partial charge in [0.05, 0.1) is 6.61 Å². The van der Waals surface area contributed by atoms with E-state index in [4.69, 9.17) is 10.5 Å². The van der Waals surface area contributed by atoms with Gasteiger partial charge in [0.25, 0.3) is 0 Å². The number of thioether (sulfide) groups is 1. The van der Waals surface area contributed by atoms with Crippen LogP contribution in [0.25, 0.3) is 0 Å². The molecule has 0 bridgehead atoms. The van der Waals surface area contributed by atoms with Crippen molar-refractivity contribution in [1.29, 1.82) is 0 Å². The normalized spacial score (nSPS) is 29.3. The summed E-state index contributed by atoms with van der Waals surface area (Å²) in [5.74, 6) is 0.966. The molecule has 4 heteroatoms. The van der Waals surface area contributed by atoms with E-state index in [1.165, 1.54) is 18.6 Å². The minimum atomic E-state index is -0.708. The van der Waals surface area contributed by atoms with Crippen molar-refractivity contribution in [2.24, 2.45) is 5.73 Å². The molecule has 16 heavy (non-hydrogen) atoms. The Balaban J connectivity index is 2.35. The maximum absolute atomic E-state index is 11.7. The largest absolute Gasteiger partial charge is 0.465 e. The lowest BCUT2D eigenvalue weighted by Gasteiger charge is -2.21. The first-order valence-corrected chi connectivity index (χ1v) is 7.25. The smallest absolute Gasteiger partial charge is 0.326 e. The average molecular weight is 245 g/mol. The van der Waals surface area contributed by atoms with Gasteiger partial charge in [-0.3, -0.25) is 4.79 Å². The summed E-state index contributed by atoms with van der Waals surface area (Å²) in [5, 5.41) is 0.543. The van der Waals surface area contributed by atoms with Gasteiger partial charge in [-0.15, -0.1) is 0 Å². The molecule has 0 spiro atoms. The van der Waals surface area contributed by atoms with Crippen LogP contribution in [0.2, 0.25) is 0 Å². The van der Waals surface area contributed by atoms with Gasteiger partial charge < -0.3 is 10.5 Å². The fraction of sp³-hybridized carbons (Fsp3) is 0.917. The lowest BCUT2D eigenvalue weighted by atomic mass is 10.00. The predicted octanol–water partition coefficient (Wildman–Crippen LogP) is 2.33. The van der Waals surface area contributed by atoms with Gasteiger partial charge in [0.15, 0.2) is 0 Å². The Hall–Kier alpha value is -0.220. The van der Waals surface area contributed by atoms with E-state index in [2.05, 4.69) is 6.92 Å². The van der Waals surface area contributed by atoms with Crippen LogP contribution in [0.5, 0.6) is 0 Å². The molecular weight excluding hydrogens is 222 g/mol. The number of esters is 1. The number of carbonyl (C=O) groups excluding carboxylic acids is 1. The second-order valence-corrected chi connectivity index (χ2v) is 5.87. The van der Waals surface area contributed by atoms with Crippen molar-refractivity contribution in [2.75, 3.05) is 12.4 Å². The Morgan fingerprint density at radius 3 is 2.94 bits per heavy atom. The molecule has 0 aromatic rings. The van der Waals surface area contributed by atoms with E-state index in [-0.39, 0.29) is 5.97 Å². The maximum Gasteiger partial charge on any atom is 0.326 e. The van der Waals surface area contributed by atoms with Crippen LogP contribution < -0.4 is 5.73 Å². The Morgan fingerprint density at radius 1 is 1.56 bits per heavy atom. The zero-order valence-electron chi connectivity index (χ0n) is 10.3. The van der Waals surface area contributed by atoms with Crippen molar-refractivity contribution in [1.82, 2.24) is 0 Å². The first-order chi connectivity index (χ1) is 7.62. The first kappa shape index (κ1) is 13.8. The number of unbranched alkanes of at least 4 members (excludes halogenated alkanes) is 1. The second-order valence-electron chi connectivity index (χ2n) is 4.47. The van der Waals surface area contributed by atoms with E-state index in [0.717, 1.165) is 19.3 Å². The monoisotopic (exact) mass is 245 g/mol. The van der Waals surface area contributed by atoms with Crippen LogP contribution in [-0.2, 0) is 9.53 Å². The van der Waals surface area contributed by atoms with Gasteiger partial charge in [0.1, 0.15) is 5.54 Å². The standard InChI is InChI=1S/C12H23NO2S/c1-3-5-8-16-10-6-7-12(13,9-10)11(14)15-4-2/h10H,3-9,13H2,1-2H3.